The summed E-state index contributed by atoms with van der Waals surface area (Å²) in [5.74, 6) is 0.166. The van der Waals surface area contributed by atoms with Crippen LogP contribution in [0.3, 0.4) is 0 Å². The molecule has 0 bridgehead atoms. The topological polar surface area (TPSA) is 118 Å². The molecule has 0 atom stereocenters. The Morgan fingerprint density at radius 1 is 1.36 bits per heavy atom. The number of nitrogens with zero attached hydrogens (tertiary/aromatic N) is 1. The molecule has 2 aromatic rings. The average molecular weight is 431 g/mol. The molecule has 8 nitrogen and oxygen atoms in total. The largest absolute Gasteiger partial charge is 0.483 e. The molecule has 2 rings (SSSR count). The van der Waals surface area contributed by atoms with Crippen molar-refractivity contribution in [1.82, 2.24) is 5.43 Å². The van der Waals surface area contributed by atoms with E-state index in [1.807, 2.05) is 26.0 Å². The molecule has 0 saturated heterocycles. The molecule has 0 spiro atoms. The lowest BCUT2D eigenvalue weighted by molar-refractivity contribution is -0.123. The zero-order chi connectivity index (χ0) is 18.6. The van der Waals surface area contributed by atoms with E-state index in [1.54, 1.807) is 0 Å². The van der Waals surface area contributed by atoms with Gasteiger partial charge in [0.25, 0.3) is 5.91 Å². The predicted molar refractivity (Wildman–Crippen MR) is 93.4 cm³/mol. The first-order chi connectivity index (χ1) is 11.7. The molecule has 0 radical (unpaired) electrons. The summed E-state index contributed by atoms with van der Waals surface area (Å²) in [6.07, 6.45) is 1.10. The van der Waals surface area contributed by atoms with Gasteiger partial charge < -0.3 is 9.15 Å². The summed E-state index contributed by atoms with van der Waals surface area (Å²) in [7, 11) is -4.41. The molecule has 0 aliphatic carbocycles. The summed E-state index contributed by atoms with van der Waals surface area (Å²) in [4.78, 5) is 11.7. The monoisotopic (exact) mass is 430 g/mol. The third-order valence-corrected chi connectivity index (χ3v) is 4.20. The second-order valence-corrected chi connectivity index (χ2v) is 7.35. The van der Waals surface area contributed by atoms with Crippen LogP contribution < -0.4 is 10.2 Å². The first-order valence-electron chi connectivity index (χ1n) is 6.95. The van der Waals surface area contributed by atoms with Crippen molar-refractivity contribution >= 4 is 38.2 Å². The molecule has 1 aromatic heterocycles. The maximum absolute atomic E-state index is 11.7. The number of nitrogens with one attached hydrogen (secondary N) is 1. The van der Waals surface area contributed by atoms with Gasteiger partial charge in [0.2, 0.25) is 5.09 Å². The molecule has 0 fully saturated rings. The van der Waals surface area contributed by atoms with E-state index < -0.39 is 21.1 Å². The zero-order valence-electron chi connectivity index (χ0n) is 13.3. The molecule has 1 aromatic carbocycles. The summed E-state index contributed by atoms with van der Waals surface area (Å²) < 4.78 is 41.7. The van der Waals surface area contributed by atoms with Gasteiger partial charge in [-0.3, -0.25) is 9.35 Å². The van der Waals surface area contributed by atoms with Crippen LogP contribution in [-0.4, -0.2) is 31.7 Å². The Labute approximate surface area is 152 Å². The smallest absolute Gasteiger partial charge is 0.328 e. The first kappa shape index (κ1) is 19.2. The van der Waals surface area contributed by atoms with E-state index in [0.29, 0.717) is 5.75 Å². The highest BCUT2D eigenvalue weighted by atomic mass is 79.9. The van der Waals surface area contributed by atoms with Gasteiger partial charge in [-0.15, -0.1) is 0 Å². The highest BCUT2D eigenvalue weighted by molar-refractivity contribution is 9.10. The lowest BCUT2D eigenvalue weighted by Crippen LogP contribution is -2.25. The number of furan rings is 1. The molecule has 0 saturated carbocycles. The number of carbonyl (C=O) groups is 1. The minimum atomic E-state index is -4.41. The first-order valence-corrected chi connectivity index (χ1v) is 9.19. The van der Waals surface area contributed by atoms with Gasteiger partial charge in [0.15, 0.2) is 6.61 Å². The van der Waals surface area contributed by atoms with Gasteiger partial charge in [-0.2, -0.15) is 13.5 Å². The summed E-state index contributed by atoms with van der Waals surface area (Å²) in [6.45, 7) is 3.49. The Kier molecular flexibility index (Phi) is 5.98. The number of ether oxygens (including phenoxy) is 1. The van der Waals surface area contributed by atoms with E-state index in [1.165, 1.54) is 6.07 Å². The molecule has 1 heterocycles. The normalized spacial score (nSPS) is 11.7. The summed E-state index contributed by atoms with van der Waals surface area (Å²) in [5, 5.41) is 3.02. The van der Waals surface area contributed by atoms with E-state index in [4.69, 9.17) is 13.7 Å². The highest BCUT2D eigenvalue weighted by Crippen LogP contribution is 2.27. The molecular weight excluding hydrogens is 416 g/mol. The van der Waals surface area contributed by atoms with Gasteiger partial charge in [0, 0.05) is 4.47 Å². The van der Waals surface area contributed by atoms with Crippen molar-refractivity contribution in [1.29, 1.82) is 0 Å². The van der Waals surface area contributed by atoms with Crippen molar-refractivity contribution in [2.45, 2.75) is 18.9 Å². The van der Waals surface area contributed by atoms with E-state index in [0.717, 1.165) is 27.9 Å². The number of halogens is 1. The van der Waals surface area contributed by atoms with E-state index in [9.17, 15) is 13.2 Å². The van der Waals surface area contributed by atoms with Gasteiger partial charge in [-0.25, -0.2) is 5.43 Å². The molecule has 1 amide bonds. The fourth-order valence-corrected chi connectivity index (χ4v) is 3.13. The van der Waals surface area contributed by atoms with Crippen molar-refractivity contribution in [3.63, 3.8) is 0 Å². The second-order valence-electron chi connectivity index (χ2n) is 5.08. The van der Waals surface area contributed by atoms with Crippen molar-refractivity contribution in [3.05, 3.63) is 45.6 Å². The standard InChI is InChI=1S/C15H15BrN2O6S/c1-9-5-11(16)6-10(2)15(9)23-8-13(19)18-17-7-12-3-4-14(24-12)25(20,21)22/h3-7H,8H2,1-2H3,(H,18,19)(H,20,21,22)/b17-7+. The van der Waals surface area contributed by atoms with Gasteiger partial charge in [-0.1, -0.05) is 15.9 Å². The van der Waals surface area contributed by atoms with Crippen molar-refractivity contribution in [3.8, 4) is 5.75 Å². The summed E-state index contributed by atoms with van der Waals surface area (Å²) in [6, 6.07) is 6.11. The molecular formula is C15H15BrN2O6S. The molecule has 134 valence electrons. The van der Waals surface area contributed by atoms with Crippen molar-refractivity contribution < 1.29 is 26.9 Å². The minimum absolute atomic E-state index is 0.0495. The van der Waals surface area contributed by atoms with Crippen LogP contribution in [0.4, 0.5) is 0 Å². The fraction of sp³-hybridized carbons (Fsp3) is 0.200. The molecule has 0 aliphatic rings. The number of rotatable bonds is 6. The second kappa shape index (κ2) is 7.81. The van der Waals surface area contributed by atoms with Crippen LogP contribution in [0, 0.1) is 13.8 Å². The summed E-state index contributed by atoms with van der Waals surface area (Å²) >= 11 is 3.38. The quantitative estimate of drug-likeness (QED) is 0.412. The molecule has 0 unspecified atom stereocenters. The Morgan fingerprint density at radius 3 is 2.56 bits per heavy atom. The van der Waals surface area contributed by atoms with Gasteiger partial charge >= 0.3 is 10.1 Å². The third-order valence-electron chi connectivity index (χ3n) is 3.01. The number of carbonyl (C=O) groups excluding carboxylic acids is 1. The minimum Gasteiger partial charge on any atom is -0.483 e. The van der Waals surface area contributed by atoms with Crippen LogP contribution in [-0.2, 0) is 14.9 Å². The number of hydrazone groups is 1. The SMILES string of the molecule is Cc1cc(Br)cc(C)c1OCC(=O)N/N=C/c1ccc(S(=O)(=O)O)o1. The van der Waals surface area contributed by atoms with Crippen LogP contribution in [0.2, 0.25) is 0 Å². The van der Waals surface area contributed by atoms with Gasteiger partial charge in [-0.05, 0) is 49.2 Å². The highest BCUT2D eigenvalue weighted by Gasteiger charge is 2.14. The van der Waals surface area contributed by atoms with Gasteiger partial charge in [0.1, 0.15) is 11.5 Å². The van der Waals surface area contributed by atoms with Crippen LogP contribution in [0.5, 0.6) is 5.75 Å². The molecule has 0 aliphatic heterocycles. The number of hydrogen-bond donors (Lipinski definition) is 2. The fourth-order valence-electron chi connectivity index (χ4n) is 2.01. The lowest BCUT2D eigenvalue weighted by Gasteiger charge is -2.11. The average Bonchev–Trinajstić information content (AvgIpc) is 2.95. The van der Waals surface area contributed by atoms with Gasteiger partial charge in [0.05, 0.1) is 6.21 Å². The summed E-state index contributed by atoms with van der Waals surface area (Å²) in [5.41, 5.74) is 4.00. The Balaban J connectivity index is 1.90. The van der Waals surface area contributed by atoms with Crippen molar-refractivity contribution in [2.75, 3.05) is 6.61 Å². The van der Waals surface area contributed by atoms with Crippen LogP contribution in [0.25, 0.3) is 0 Å². The molecule has 2 N–H and O–H groups in total. The van der Waals surface area contributed by atoms with Crippen LogP contribution in [0.15, 0.2) is 43.3 Å². The van der Waals surface area contributed by atoms with E-state index >= 15 is 0 Å². The van der Waals surface area contributed by atoms with Crippen molar-refractivity contribution in [2.24, 2.45) is 5.10 Å². The maximum atomic E-state index is 11.7. The van der Waals surface area contributed by atoms with Crippen LogP contribution >= 0.6 is 15.9 Å². The third kappa shape index (κ3) is 5.41. The Bertz CT molecular complexity index is 897. The zero-order valence-corrected chi connectivity index (χ0v) is 15.7. The number of hydrogen-bond acceptors (Lipinski definition) is 6. The lowest BCUT2D eigenvalue weighted by atomic mass is 10.1. The van der Waals surface area contributed by atoms with Crippen LogP contribution in [0.1, 0.15) is 16.9 Å². The number of amides is 1. The predicted octanol–water partition coefficient (Wildman–Crippen LogP) is 2.43. The number of benzene rings is 1. The van der Waals surface area contributed by atoms with E-state index in [-0.39, 0.29) is 12.4 Å². The number of aryl methyl sites for hydroxylation is 2. The maximum Gasteiger partial charge on any atom is 0.328 e. The Hall–Kier alpha value is -2.17. The Morgan fingerprint density at radius 2 is 2.00 bits per heavy atom. The molecule has 25 heavy (non-hydrogen) atoms. The van der Waals surface area contributed by atoms with E-state index in [2.05, 4.69) is 26.5 Å². The molecule has 10 heteroatoms.